The van der Waals surface area contributed by atoms with Crippen LogP contribution in [0.1, 0.15) is 22.5 Å². The van der Waals surface area contributed by atoms with E-state index in [1.807, 2.05) is 30.5 Å². The molecule has 0 unspecified atom stereocenters. The third-order valence-electron chi connectivity index (χ3n) is 5.00. The van der Waals surface area contributed by atoms with Gasteiger partial charge in [0, 0.05) is 50.2 Å². The highest BCUT2D eigenvalue weighted by atomic mass is 32.2. The fraction of sp³-hybridized carbons (Fsp3) is 0.333. The van der Waals surface area contributed by atoms with Crippen LogP contribution in [0.3, 0.4) is 0 Å². The molecule has 0 aliphatic heterocycles. The molecule has 0 amide bonds. The Morgan fingerprint density at radius 2 is 1.97 bits per heavy atom. The number of halogens is 1. The van der Waals surface area contributed by atoms with Crippen LogP contribution in [-0.4, -0.2) is 47.9 Å². The number of pyridine rings is 2. The van der Waals surface area contributed by atoms with Gasteiger partial charge in [0.05, 0.1) is 17.6 Å². The lowest BCUT2D eigenvalue weighted by Gasteiger charge is -2.11. The number of nitrogens with zero attached hydrogens (tertiary/aromatic N) is 4. The number of aryl methyl sites for hydroxylation is 1. The van der Waals surface area contributed by atoms with Crippen LogP contribution in [0, 0.1) is 13.8 Å². The molecule has 3 rings (SSSR count). The molecule has 0 bridgehead atoms. The molecule has 0 radical (unpaired) electrons. The van der Waals surface area contributed by atoms with Crippen LogP contribution in [0.2, 0.25) is 0 Å². The summed E-state index contributed by atoms with van der Waals surface area (Å²) in [5.74, 6) is -0.301. The van der Waals surface area contributed by atoms with Crippen molar-refractivity contribution in [1.29, 1.82) is 0 Å². The minimum Gasteiger partial charge on any atom is -0.336 e. The summed E-state index contributed by atoms with van der Waals surface area (Å²) in [6, 6.07) is 7.09. The van der Waals surface area contributed by atoms with Crippen molar-refractivity contribution in [1.82, 2.24) is 18.8 Å². The van der Waals surface area contributed by atoms with E-state index in [0.29, 0.717) is 6.42 Å². The number of aromatic nitrogens is 3. The molecule has 0 aliphatic rings. The zero-order valence-corrected chi connectivity index (χ0v) is 18.4. The number of rotatable bonds is 7. The van der Waals surface area contributed by atoms with E-state index in [1.165, 1.54) is 26.2 Å². The predicted molar refractivity (Wildman–Crippen MR) is 115 cm³/mol. The molecule has 160 valence electrons. The topological polar surface area (TPSA) is 94.1 Å². The van der Waals surface area contributed by atoms with Crippen LogP contribution in [0.4, 0.5) is 4.39 Å². The van der Waals surface area contributed by atoms with Gasteiger partial charge in [0.25, 0.3) is 10.0 Å². The van der Waals surface area contributed by atoms with Crippen molar-refractivity contribution >= 4 is 21.1 Å². The van der Waals surface area contributed by atoms with Gasteiger partial charge in [0.1, 0.15) is 5.83 Å². The maximum absolute atomic E-state index is 14.2. The summed E-state index contributed by atoms with van der Waals surface area (Å²) in [4.78, 5) is 8.81. The molecular formula is C21H26FN5O2S. The third kappa shape index (κ3) is 4.28. The van der Waals surface area contributed by atoms with Crippen LogP contribution >= 0.6 is 0 Å². The number of sulfonamides is 1. The van der Waals surface area contributed by atoms with Gasteiger partial charge in [0.2, 0.25) is 0 Å². The van der Waals surface area contributed by atoms with E-state index in [2.05, 4.69) is 9.97 Å². The van der Waals surface area contributed by atoms with Crippen LogP contribution < -0.4 is 5.73 Å². The molecule has 0 aliphatic carbocycles. The van der Waals surface area contributed by atoms with Crippen LogP contribution in [-0.2, 0) is 23.0 Å². The Morgan fingerprint density at radius 1 is 1.23 bits per heavy atom. The van der Waals surface area contributed by atoms with Crippen molar-refractivity contribution in [2.75, 3.05) is 20.6 Å². The average Bonchev–Trinajstić information content (AvgIpc) is 2.93. The first-order valence-electron chi connectivity index (χ1n) is 9.52. The molecule has 0 saturated heterocycles. The normalized spacial score (nSPS) is 12.8. The highest BCUT2D eigenvalue weighted by Crippen LogP contribution is 2.28. The van der Waals surface area contributed by atoms with E-state index in [-0.39, 0.29) is 23.9 Å². The van der Waals surface area contributed by atoms with Crippen molar-refractivity contribution in [2.24, 2.45) is 5.73 Å². The zero-order valence-electron chi connectivity index (χ0n) is 17.6. The van der Waals surface area contributed by atoms with Gasteiger partial charge in [-0.25, -0.2) is 22.1 Å². The van der Waals surface area contributed by atoms with Crippen LogP contribution in [0.5, 0.6) is 0 Å². The van der Waals surface area contributed by atoms with Gasteiger partial charge < -0.3 is 10.3 Å². The number of hydrogen-bond donors (Lipinski definition) is 1. The molecular weight excluding hydrogens is 405 g/mol. The van der Waals surface area contributed by atoms with E-state index in [1.54, 1.807) is 12.3 Å². The SMILES string of the molecule is Cc1ccc2c(n1)c(Cc1ccc(S(=O)(=O)N(C)C)nc1)c(C)n2C/C(F)=C/CN. The highest BCUT2D eigenvalue weighted by Gasteiger charge is 2.20. The lowest BCUT2D eigenvalue weighted by molar-refractivity contribution is 0.517. The number of nitrogens with two attached hydrogens (primary N) is 1. The van der Waals surface area contributed by atoms with Gasteiger partial charge in [-0.1, -0.05) is 6.07 Å². The molecule has 2 N–H and O–H groups in total. The summed E-state index contributed by atoms with van der Waals surface area (Å²) in [6.45, 7) is 4.07. The molecule has 3 aromatic heterocycles. The first-order chi connectivity index (χ1) is 14.1. The van der Waals surface area contributed by atoms with Gasteiger partial charge in [-0.2, -0.15) is 0 Å². The molecule has 30 heavy (non-hydrogen) atoms. The summed E-state index contributed by atoms with van der Waals surface area (Å²) < 4.78 is 41.7. The van der Waals surface area contributed by atoms with Gasteiger partial charge in [-0.3, -0.25) is 4.98 Å². The van der Waals surface area contributed by atoms with E-state index < -0.39 is 10.0 Å². The van der Waals surface area contributed by atoms with Crippen molar-refractivity contribution < 1.29 is 12.8 Å². The molecule has 9 heteroatoms. The lowest BCUT2D eigenvalue weighted by Crippen LogP contribution is -2.23. The molecule has 3 heterocycles. The summed E-state index contributed by atoms with van der Waals surface area (Å²) in [5, 5.41) is -0.00152. The molecule has 0 spiro atoms. The standard InChI is InChI=1S/C21H26FN5O2S/c1-14-5-7-19-21(25-14)18(15(2)27(19)13-17(22)9-10-23)11-16-6-8-20(24-12-16)30(28,29)26(3)4/h5-9,12H,10-11,13,23H2,1-4H3/b17-9-. The van der Waals surface area contributed by atoms with E-state index in [0.717, 1.165) is 37.9 Å². The van der Waals surface area contributed by atoms with Gasteiger partial charge in [0.15, 0.2) is 5.03 Å². The van der Waals surface area contributed by atoms with Gasteiger partial charge in [-0.15, -0.1) is 0 Å². The van der Waals surface area contributed by atoms with Gasteiger partial charge in [-0.05, 0) is 43.7 Å². The second-order valence-corrected chi connectivity index (χ2v) is 9.42. The minimum absolute atomic E-state index is 0.00152. The summed E-state index contributed by atoms with van der Waals surface area (Å²) in [5.41, 5.74) is 10.6. The number of hydrogen-bond acceptors (Lipinski definition) is 5. The monoisotopic (exact) mass is 431 g/mol. The largest absolute Gasteiger partial charge is 0.336 e. The maximum atomic E-state index is 14.2. The molecule has 0 fully saturated rings. The molecule has 7 nitrogen and oxygen atoms in total. The van der Waals surface area contributed by atoms with Crippen LogP contribution in [0.25, 0.3) is 11.0 Å². The van der Waals surface area contributed by atoms with E-state index in [4.69, 9.17) is 5.73 Å². The summed E-state index contributed by atoms with van der Waals surface area (Å²) in [7, 11) is -0.647. The Bertz CT molecular complexity index is 1200. The van der Waals surface area contributed by atoms with Gasteiger partial charge >= 0.3 is 0 Å². The summed E-state index contributed by atoms with van der Waals surface area (Å²) >= 11 is 0. The number of allylic oxidation sites excluding steroid dienone is 1. The zero-order chi connectivity index (χ0) is 22.1. The maximum Gasteiger partial charge on any atom is 0.260 e. The Kier molecular flexibility index (Phi) is 6.35. The summed E-state index contributed by atoms with van der Waals surface area (Å²) in [6.07, 6.45) is 3.42. The molecule has 3 aromatic rings. The second-order valence-electron chi connectivity index (χ2n) is 7.33. The molecule has 0 atom stereocenters. The Morgan fingerprint density at radius 3 is 2.57 bits per heavy atom. The predicted octanol–water partition coefficient (Wildman–Crippen LogP) is 2.70. The van der Waals surface area contributed by atoms with E-state index in [9.17, 15) is 12.8 Å². The smallest absolute Gasteiger partial charge is 0.260 e. The fourth-order valence-corrected chi connectivity index (χ4v) is 4.12. The molecule has 0 aromatic carbocycles. The fourth-order valence-electron chi connectivity index (χ4n) is 3.32. The van der Waals surface area contributed by atoms with E-state index >= 15 is 0 Å². The molecule has 0 saturated carbocycles. The average molecular weight is 432 g/mol. The quantitative estimate of drug-likeness (QED) is 0.621. The Labute approximate surface area is 176 Å². The third-order valence-corrected chi connectivity index (χ3v) is 6.73. The Balaban J connectivity index is 2.03. The van der Waals surface area contributed by atoms with Crippen LogP contribution in [0.15, 0.2) is 47.4 Å². The highest BCUT2D eigenvalue weighted by molar-refractivity contribution is 7.89. The lowest BCUT2D eigenvalue weighted by atomic mass is 10.1. The number of fused-ring (bicyclic) bond motifs is 1. The first-order valence-corrected chi connectivity index (χ1v) is 11.0. The second kappa shape index (κ2) is 8.63. The van der Waals surface area contributed by atoms with Crippen molar-refractivity contribution in [3.63, 3.8) is 0 Å². The minimum atomic E-state index is -3.58. The van der Waals surface area contributed by atoms with Crippen molar-refractivity contribution in [2.45, 2.75) is 31.8 Å². The first kappa shape index (κ1) is 22.1. The van der Waals surface area contributed by atoms with Crippen molar-refractivity contribution in [3.05, 3.63) is 64.9 Å². The Hall–Kier alpha value is -2.62. The van der Waals surface area contributed by atoms with Crippen molar-refractivity contribution in [3.8, 4) is 0 Å².